The van der Waals surface area contributed by atoms with Crippen LogP contribution in [0.5, 0.6) is 0 Å². The van der Waals surface area contributed by atoms with Gasteiger partial charge in [-0.25, -0.2) is 0 Å². The summed E-state index contributed by atoms with van der Waals surface area (Å²) in [5.41, 5.74) is 10.2. The van der Waals surface area contributed by atoms with Gasteiger partial charge >= 0.3 is 0 Å². The first-order valence-electron chi connectivity index (χ1n) is 5.49. The third-order valence-electron chi connectivity index (χ3n) is 2.17. The van der Waals surface area contributed by atoms with E-state index in [9.17, 15) is 4.79 Å². The Balaban J connectivity index is 2.99. The van der Waals surface area contributed by atoms with Gasteiger partial charge in [-0.05, 0) is 12.8 Å². The smallest absolute Gasteiger partial charge is 0.217 e. The van der Waals surface area contributed by atoms with Crippen LogP contribution in [-0.4, -0.2) is 18.4 Å². The van der Waals surface area contributed by atoms with Gasteiger partial charge in [0.2, 0.25) is 5.91 Å². The number of carbonyl (C=O) groups is 1. The summed E-state index contributed by atoms with van der Waals surface area (Å²) in [6.45, 7) is 0.774. The molecular formula is C10H22N4O. The standard InChI is InChI=1S/C10H22N4O/c11-9(15)7-5-3-1-2-4-6-8-14-10(12)13/h1-8H2,(H2,11,15)(H4,12,13,14). The molecule has 0 saturated heterocycles. The molecule has 0 spiro atoms. The van der Waals surface area contributed by atoms with E-state index in [-0.39, 0.29) is 11.9 Å². The van der Waals surface area contributed by atoms with Gasteiger partial charge in [0.1, 0.15) is 0 Å². The molecule has 0 aliphatic rings. The van der Waals surface area contributed by atoms with Crippen molar-refractivity contribution in [1.29, 1.82) is 5.41 Å². The quantitative estimate of drug-likeness (QED) is 0.258. The van der Waals surface area contributed by atoms with Crippen LogP contribution in [0.25, 0.3) is 0 Å². The maximum Gasteiger partial charge on any atom is 0.217 e. The Hall–Kier alpha value is -1.26. The molecular weight excluding hydrogens is 192 g/mol. The Labute approximate surface area is 91.1 Å². The van der Waals surface area contributed by atoms with Crippen LogP contribution in [0.15, 0.2) is 0 Å². The number of primary amides is 1. The molecule has 1 amide bonds. The van der Waals surface area contributed by atoms with Crippen LogP contribution < -0.4 is 16.8 Å². The van der Waals surface area contributed by atoms with Gasteiger partial charge in [-0.3, -0.25) is 10.2 Å². The molecule has 0 fully saturated rings. The lowest BCUT2D eigenvalue weighted by Gasteiger charge is -2.03. The third-order valence-corrected chi connectivity index (χ3v) is 2.17. The molecule has 0 aromatic carbocycles. The summed E-state index contributed by atoms with van der Waals surface area (Å²) >= 11 is 0. The van der Waals surface area contributed by atoms with Crippen LogP contribution in [-0.2, 0) is 4.79 Å². The summed E-state index contributed by atoms with van der Waals surface area (Å²) in [5, 5.41) is 9.69. The lowest BCUT2D eigenvalue weighted by atomic mass is 10.1. The molecule has 0 radical (unpaired) electrons. The fourth-order valence-corrected chi connectivity index (χ4v) is 1.35. The number of guanidine groups is 1. The SMILES string of the molecule is N=C(N)NCCCCCCCCC(N)=O. The molecule has 0 bridgehead atoms. The molecule has 6 N–H and O–H groups in total. The van der Waals surface area contributed by atoms with Crippen molar-refractivity contribution in [2.75, 3.05) is 6.54 Å². The number of unbranched alkanes of at least 4 members (excludes halogenated alkanes) is 5. The zero-order valence-corrected chi connectivity index (χ0v) is 9.22. The molecule has 0 unspecified atom stereocenters. The van der Waals surface area contributed by atoms with Gasteiger partial charge in [0.05, 0.1) is 0 Å². The Kier molecular flexibility index (Phi) is 8.52. The van der Waals surface area contributed by atoms with Crippen LogP contribution in [0, 0.1) is 5.41 Å². The fourth-order valence-electron chi connectivity index (χ4n) is 1.35. The van der Waals surface area contributed by atoms with E-state index >= 15 is 0 Å². The molecule has 0 aromatic rings. The molecule has 0 saturated carbocycles. The molecule has 5 heteroatoms. The second-order valence-electron chi connectivity index (χ2n) is 3.68. The highest BCUT2D eigenvalue weighted by molar-refractivity contribution is 5.74. The van der Waals surface area contributed by atoms with Crippen molar-refractivity contribution in [2.45, 2.75) is 44.9 Å². The number of nitrogens with one attached hydrogen (secondary N) is 2. The summed E-state index contributed by atoms with van der Waals surface area (Å²) in [7, 11) is 0. The summed E-state index contributed by atoms with van der Waals surface area (Å²) in [6.07, 6.45) is 6.97. The predicted octanol–water partition coefficient (Wildman–Crippen LogP) is 0.685. The van der Waals surface area contributed by atoms with Crippen molar-refractivity contribution in [1.82, 2.24) is 5.32 Å². The zero-order chi connectivity index (χ0) is 11.5. The highest BCUT2D eigenvalue weighted by Crippen LogP contribution is 2.06. The van der Waals surface area contributed by atoms with E-state index in [1.54, 1.807) is 0 Å². The van der Waals surface area contributed by atoms with Crippen LogP contribution >= 0.6 is 0 Å². The van der Waals surface area contributed by atoms with Gasteiger partial charge in [0.25, 0.3) is 0 Å². The third kappa shape index (κ3) is 12.7. The summed E-state index contributed by atoms with van der Waals surface area (Å²) in [4.78, 5) is 10.4. The molecule has 0 heterocycles. The van der Waals surface area contributed by atoms with Crippen molar-refractivity contribution in [2.24, 2.45) is 11.5 Å². The summed E-state index contributed by atoms with van der Waals surface area (Å²) < 4.78 is 0. The van der Waals surface area contributed by atoms with Gasteiger partial charge in [0.15, 0.2) is 5.96 Å². The monoisotopic (exact) mass is 214 g/mol. The summed E-state index contributed by atoms with van der Waals surface area (Å²) in [5.74, 6) is -0.169. The second-order valence-corrected chi connectivity index (χ2v) is 3.68. The van der Waals surface area contributed by atoms with Crippen molar-refractivity contribution in [3.63, 3.8) is 0 Å². The number of hydrogen-bond acceptors (Lipinski definition) is 2. The zero-order valence-electron chi connectivity index (χ0n) is 9.22. The van der Waals surface area contributed by atoms with Gasteiger partial charge < -0.3 is 16.8 Å². The number of rotatable bonds is 9. The number of carbonyl (C=O) groups excluding carboxylic acids is 1. The van der Waals surface area contributed by atoms with Gasteiger partial charge in [-0.15, -0.1) is 0 Å². The normalized spacial score (nSPS) is 9.87. The fraction of sp³-hybridized carbons (Fsp3) is 0.800. The van der Waals surface area contributed by atoms with E-state index < -0.39 is 0 Å². The van der Waals surface area contributed by atoms with Crippen molar-refractivity contribution in [3.05, 3.63) is 0 Å². The molecule has 0 aliphatic heterocycles. The highest BCUT2D eigenvalue weighted by Gasteiger charge is 1.95. The lowest BCUT2D eigenvalue weighted by molar-refractivity contribution is -0.118. The van der Waals surface area contributed by atoms with Crippen LogP contribution in [0.4, 0.5) is 0 Å². The van der Waals surface area contributed by atoms with E-state index in [2.05, 4.69) is 5.32 Å². The second kappa shape index (κ2) is 9.30. The molecule has 0 atom stereocenters. The molecule has 0 rings (SSSR count). The van der Waals surface area contributed by atoms with Crippen LogP contribution in [0.2, 0.25) is 0 Å². The number of amides is 1. The van der Waals surface area contributed by atoms with E-state index in [0.717, 1.165) is 38.6 Å². The summed E-state index contributed by atoms with van der Waals surface area (Å²) in [6, 6.07) is 0. The Morgan fingerprint density at radius 1 is 1.00 bits per heavy atom. The van der Waals surface area contributed by atoms with E-state index in [0.29, 0.717) is 6.42 Å². The maximum absolute atomic E-state index is 10.4. The van der Waals surface area contributed by atoms with Crippen molar-refractivity contribution >= 4 is 11.9 Å². The largest absolute Gasteiger partial charge is 0.370 e. The van der Waals surface area contributed by atoms with Gasteiger partial charge in [0, 0.05) is 13.0 Å². The van der Waals surface area contributed by atoms with E-state index in [4.69, 9.17) is 16.9 Å². The molecule has 0 aromatic heterocycles. The van der Waals surface area contributed by atoms with Crippen molar-refractivity contribution in [3.8, 4) is 0 Å². The topological polar surface area (TPSA) is 105 Å². The Bertz CT molecular complexity index is 174. The minimum absolute atomic E-state index is 0.0384. The Morgan fingerprint density at radius 3 is 2.07 bits per heavy atom. The van der Waals surface area contributed by atoms with E-state index in [1.807, 2.05) is 0 Å². The van der Waals surface area contributed by atoms with Crippen LogP contribution in [0.3, 0.4) is 0 Å². The van der Waals surface area contributed by atoms with E-state index in [1.165, 1.54) is 6.42 Å². The minimum Gasteiger partial charge on any atom is -0.370 e. The maximum atomic E-state index is 10.4. The first-order valence-corrected chi connectivity index (χ1v) is 5.49. The minimum atomic E-state index is -0.208. The van der Waals surface area contributed by atoms with Crippen molar-refractivity contribution < 1.29 is 4.79 Å². The first-order chi connectivity index (χ1) is 7.13. The van der Waals surface area contributed by atoms with Gasteiger partial charge in [-0.2, -0.15) is 0 Å². The molecule has 15 heavy (non-hydrogen) atoms. The van der Waals surface area contributed by atoms with Gasteiger partial charge in [-0.1, -0.05) is 25.7 Å². The number of nitrogens with two attached hydrogens (primary N) is 2. The molecule has 5 nitrogen and oxygen atoms in total. The molecule has 88 valence electrons. The average molecular weight is 214 g/mol. The predicted molar refractivity (Wildman–Crippen MR) is 61.4 cm³/mol. The average Bonchev–Trinajstić information content (AvgIpc) is 2.14. The first kappa shape index (κ1) is 13.7. The van der Waals surface area contributed by atoms with Crippen LogP contribution in [0.1, 0.15) is 44.9 Å². The lowest BCUT2D eigenvalue weighted by Crippen LogP contribution is -2.30. The highest BCUT2D eigenvalue weighted by atomic mass is 16.1. The molecule has 0 aliphatic carbocycles. The number of hydrogen-bond donors (Lipinski definition) is 4. The Morgan fingerprint density at radius 2 is 1.53 bits per heavy atom.